The van der Waals surface area contributed by atoms with Crippen molar-refractivity contribution >= 4 is 19.2 Å². The highest BCUT2D eigenvalue weighted by atomic mass is 28.3. The second-order valence-corrected chi connectivity index (χ2v) is 11.0. The van der Waals surface area contributed by atoms with Gasteiger partial charge in [0.05, 0.1) is 0 Å². The standard InChI is InChI=1S/C25H32Si/c1-16-12-17(2)14-23(13-16)26(25-11-9-8-10-18(25)3)15-24-21(6)19(4)20(5)22(24)7/h8-14,21,26H,15H2,1-7H3. The van der Waals surface area contributed by atoms with Crippen LogP contribution in [0.1, 0.15) is 44.4 Å². The van der Waals surface area contributed by atoms with Gasteiger partial charge in [0.25, 0.3) is 0 Å². The van der Waals surface area contributed by atoms with E-state index in [1.807, 2.05) is 0 Å². The van der Waals surface area contributed by atoms with E-state index in [4.69, 9.17) is 0 Å². The monoisotopic (exact) mass is 360 g/mol. The van der Waals surface area contributed by atoms with E-state index in [0.717, 1.165) is 0 Å². The van der Waals surface area contributed by atoms with Gasteiger partial charge in [0.2, 0.25) is 0 Å². The predicted molar refractivity (Wildman–Crippen MR) is 119 cm³/mol. The zero-order valence-corrected chi connectivity index (χ0v) is 18.6. The zero-order chi connectivity index (χ0) is 19.0. The molecule has 0 radical (unpaired) electrons. The van der Waals surface area contributed by atoms with Gasteiger partial charge >= 0.3 is 0 Å². The van der Waals surface area contributed by atoms with Crippen molar-refractivity contribution in [2.24, 2.45) is 5.92 Å². The van der Waals surface area contributed by atoms with Crippen LogP contribution in [0.15, 0.2) is 64.8 Å². The summed E-state index contributed by atoms with van der Waals surface area (Å²) >= 11 is 0. The molecule has 2 unspecified atom stereocenters. The van der Waals surface area contributed by atoms with Crippen LogP contribution in [-0.2, 0) is 0 Å². The zero-order valence-electron chi connectivity index (χ0n) is 17.4. The van der Waals surface area contributed by atoms with Gasteiger partial charge in [-0.3, -0.25) is 0 Å². The molecule has 0 aromatic heterocycles. The lowest BCUT2D eigenvalue weighted by molar-refractivity contribution is 0.812. The Labute approximate surface area is 161 Å². The fraction of sp³-hybridized carbons (Fsp3) is 0.360. The summed E-state index contributed by atoms with van der Waals surface area (Å²) in [6, 6.07) is 17.5. The van der Waals surface area contributed by atoms with Crippen LogP contribution < -0.4 is 10.4 Å². The first kappa shape index (κ1) is 18.9. The molecule has 0 N–H and O–H groups in total. The fourth-order valence-electron chi connectivity index (χ4n) is 4.59. The molecule has 0 nitrogen and oxygen atoms in total. The van der Waals surface area contributed by atoms with Crippen molar-refractivity contribution in [3.8, 4) is 0 Å². The molecule has 2 aromatic rings. The number of hydrogen-bond donors (Lipinski definition) is 0. The summed E-state index contributed by atoms with van der Waals surface area (Å²) in [5.74, 6) is 0.597. The molecule has 2 atom stereocenters. The van der Waals surface area contributed by atoms with Gasteiger partial charge < -0.3 is 0 Å². The molecule has 0 heterocycles. The first-order valence-electron chi connectivity index (χ1n) is 9.80. The fourth-order valence-corrected chi connectivity index (χ4v) is 8.43. The van der Waals surface area contributed by atoms with Gasteiger partial charge in [-0.25, -0.2) is 0 Å². The SMILES string of the molecule is CC1=C(C)C(C)C(C[SiH](c2cc(C)cc(C)c2)c2ccccc2C)=C1C. The molecule has 0 aliphatic heterocycles. The maximum Gasteiger partial charge on any atom is 0.107 e. The van der Waals surface area contributed by atoms with Crippen LogP contribution in [0.2, 0.25) is 6.04 Å². The van der Waals surface area contributed by atoms with Crippen LogP contribution in [0.5, 0.6) is 0 Å². The Balaban J connectivity index is 2.10. The van der Waals surface area contributed by atoms with Gasteiger partial charge in [-0.1, -0.05) is 87.6 Å². The Morgan fingerprint density at radius 3 is 1.96 bits per heavy atom. The third-order valence-electron chi connectivity index (χ3n) is 6.44. The molecule has 1 aliphatic carbocycles. The van der Waals surface area contributed by atoms with E-state index >= 15 is 0 Å². The van der Waals surface area contributed by atoms with E-state index < -0.39 is 8.80 Å². The van der Waals surface area contributed by atoms with E-state index in [1.165, 1.54) is 28.3 Å². The first-order chi connectivity index (χ1) is 12.3. The van der Waals surface area contributed by atoms with Gasteiger partial charge in [0.1, 0.15) is 8.80 Å². The summed E-state index contributed by atoms with van der Waals surface area (Å²) in [7, 11) is -1.32. The Morgan fingerprint density at radius 1 is 0.808 bits per heavy atom. The lowest BCUT2D eigenvalue weighted by atomic mass is 10.00. The van der Waals surface area contributed by atoms with Crippen molar-refractivity contribution in [2.45, 2.75) is 54.5 Å². The third kappa shape index (κ3) is 3.50. The molecule has 1 heteroatoms. The van der Waals surface area contributed by atoms with Crippen LogP contribution in [0.25, 0.3) is 0 Å². The van der Waals surface area contributed by atoms with Crippen LogP contribution in [0, 0.1) is 26.7 Å². The van der Waals surface area contributed by atoms with Crippen LogP contribution in [0.3, 0.4) is 0 Å². The van der Waals surface area contributed by atoms with Gasteiger partial charge in [0, 0.05) is 0 Å². The minimum atomic E-state index is -1.32. The van der Waals surface area contributed by atoms with Gasteiger partial charge in [-0.2, -0.15) is 0 Å². The largest absolute Gasteiger partial charge is 0.107 e. The summed E-state index contributed by atoms with van der Waals surface area (Å²) in [6.07, 6.45) is 0. The second-order valence-electron chi connectivity index (χ2n) is 8.21. The van der Waals surface area contributed by atoms with Crippen molar-refractivity contribution in [2.75, 3.05) is 0 Å². The number of rotatable bonds is 4. The average molecular weight is 361 g/mol. The molecule has 0 amide bonds. The topological polar surface area (TPSA) is 0 Å². The quantitative estimate of drug-likeness (QED) is 0.653. The van der Waals surface area contributed by atoms with E-state index in [-0.39, 0.29) is 0 Å². The molecule has 0 bridgehead atoms. The summed E-state index contributed by atoms with van der Waals surface area (Å²) in [5, 5.41) is 3.19. The van der Waals surface area contributed by atoms with Gasteiger partial charge in [-0.05, 0) is 64.7 Å². The summed E-state index contributed by atoms with van der Waals surface area (Å²) in [4.78, 5) is 0. The Hall–Kier alpha value is -1.86. The van der Waals surface area contributed by atoms with E-state index in [0.29, 0.717) is 5.92 Å². The molecule has 0 saturated heterocycles. The van der Waals surface area contributed by atoms with E-state index in [9.17, 15) is 0 Å². The lowest BCUT2D eigenvalue weighted by Gasteiger charge is -2.23. The van der Waals surface area contributed by atoms with Crippen LogP contribution in [0.4, 0.5) is 0 Å². The number of allylic oxidation sites excluding steroid dienone is 4. The van der Waals surface area contributed by atoms with Gasteiger partial charge in [-0.15, -0.1) is 0 Å². The first-order valence-corrected chi connectivity index (χ1v) is 11.8. The molecule has 3 rings (SSSR count). The molecular formula is C25H32Si. The Kier molecular flexibility index (Phi) is 5.38. The van der Waals surface area contributed by atoms with Crippen molar-refractivity contribution in [3.05, 3.63) is 81.4 Å². The molecule has 1 aliphatic rings. The number of aryl methyl sites for hydroxylation is 3. The minimum Gasteiger partial charge on any atom is -0.0632 e. The Morgan fingerprint density at radius 2 is 1.42 bits per heavy atom. The molecule has 136 valence electrons. The molecule has 26 heavy (non-hydrogen) atoms. The molecular weight excluding hydrogens is 328 g/mol. The number of benzene rings is 2. The normalized spacial score (nSPS) is 18.7. The van der Waals surface area contributed by atoms with E-state index in [2.05, 4.69) is 90.9 Å². The molecule has 0 fully saturated rings. The van der Waals surface area contributed by atoms with E-state index in [1.54, 1.807) is 27.1 Å². The maximum atomic E-state index is 2.44. The molecule has 0 saturated carbocycles. The van der Waals surface area contributed by atoms with Crippen molar-refractivity contribution in [1.82, 2.24) is 0 Å². The van der Waals surface area contributed by atoms with Crippen molar-refractivity contribution in [3.63, 3.8) is 0 Å². The second kappa shape index (κ2) is 7.40. The maximum absolute atomic E-state index is 2.44. The highest BCUT2D eigenvalue weighted by Gasteiger charge is 2.28. The summed E-state index contributed by atoms with van der Waals surface area (Å²) in [5.41, 5.74) is 10.5. The lowest BCUT2D eigenvalue weighted by Crippen LogP contribution is -2.44. The smallest absolute Gasteiger partial charge is 0.0632 e. The molecule has 0 spiro atoms. The average Bonchev–Trinajstić information content (AvgIpc) is 2.77. The highest BCUT2D eigenvalue weighted by molar-refractivity contribution is 6.86. The van der Waals surface area contributed by atoms with Crippen LogP contribution >= 0.6 is 0 Å². The Bertz CT molecular complexity index is 878. The minimum absolute atomic E-state index is 0.597. The van der Waals surface area contributed by atoms with Gasteiger partial charge in [0.15, 0.2) is 0 Å². The van der Waals surface area contributed by atoms with Crippen molar-refractivity contribution in [1.29, 1.82) is 0 Å². The third-order valence-corrected chi connectivity index (χ3v) is 9.83. The predicted octanol–water partition coefficient (Wildman–Crippen LogP) is 5.26. The van der Waals surface area contributed by atoms with Crippen LogP contribution in [-0.4, -0.2) is 8.80 Å². The van der Waals surface area contributed by atoms with Crippen molar-refractivity contribution < 1.29 is 0 Å². The summed E-state index contributed by atoms with van der Waals surface area (Å²) < 4.78 is 0. The molecule has 2 aromatic carbocycles. The highest BCUT2D eigenvalue weighted by Crippen LogP contribution is 2.39. The number of hydrogen-bond acceptors (Lipinski definition) is 0. The summed E-state index contributed by atoms with van der Waals surface area (Å²) in [6.45, 7) is 16.1.